The molecule has 0 aromatic rings. The van der Waals surface area contributed by atoms with Crippen LogP contribution in [-0.4, -0.2) is 26.0 Å². The van der Waals surface area contributed by atoms with Crippen molar-refractivity contribution >= 4 is 43.4 Å². The Morgan fingerprint density at radius 1 is 0.682 bits per heavy atom. The summed E-state index contributed by atoms with van der Waals surface area (Å²) < 4.78 is 0. The maximum atomic E-state index is 5.47. The van der Waals surface area contributed by atoms with Crippen LogP contribution in [0.3, 0.4) is 0 Å². The van der Waals surface area contributed by atoms with Crippen LogP contribution in [0.15, 0.2) is 12.2 Å². The van der Waals surface area contributed by atoms with Crippen LogP contribution in [0.5, 0.6) is 0 Å². The molecule has 0 bridgehead atoms. The number of halogens is 2. The number of allylic oxidation sites excluding steroid dienone is 2. The minimum absolute atomic E-state index is 0.292. The molecule has 0 aromatic carbocycles. The SMILES string of the molecule is CCCCCCCC/C=C\CCCCCCCCN.[Br][Pb][Br]. The summed E-state index contributed by atoms with van der Waals surface area (Å²) in [5.74, 6) is 0. The zero-order valence-corrected chi connectivity index (χ0v) is 21.7. The Labute approximate surface area is 163 Å². The molecule has 0 fully saturated rings. The third-order valence-corrected chi connectivity index (χ3v) is 3.72. The molecule has 1 nitrogen and oxygen atoms in total. The molecule has 0 atom stereocenters. The molecule has 0 aromatic heterocycles. The first-order valence-corrected chi connectivity index (χ1v) is 26.0. The summed E-state index contributed by atoms with van der Waals surface area (Å²) in [6.07, 6.45) is 23.9. The van der Waals surface area contributed by atoms with Crippen molar-refractivity contribution in [1.82, 2.24) is 0 Å². The minimum atomic E-state index is -0.292. The van der Waals surface area contributed by atoms with E-state index in [1.54, 1.807) is 0 Å². The molecule has 0 saturated heterocycles. The van der Waals surface area contributed by atoms with E-state index in [-0.39, 0.29) is 19.4 Å². The van der Waals surface area contributed by atoms with Crippen molar-refractivity contribution in [2.45, 2.75) is 96.8 Å². The van der Waals surface area contributed by atoms with Crippen molar-refractivity contribution in [2.75, 3.05) is 6.54 Å². The van der Waals surface area contributed by atoms with Gasteiger partial charge in [-0.3, -0.25) is 0 Å². The second-order valence-corrected chi connectivity index (χ2v) is 22.6. The fraction of sp³-hybridized carbons (Fsp3) is 0.889. The van der Waals surface area contributed by atoms with Gasteiger partial charge < -0.3 is 5.73 Å². The summed E-state index contributed by atoms with van der Waals surface area (Å²) in [5.41, 5.74) is 5.47. The summed E-state index contributed by atoms with van der Waals surface area (Å²) >= 11 is 6.22. The standard InChI is InChI=1S/C18H37N.2BrH.Pb/c1-2-3-4-5-6-7-8-9-10-11-12-13-14-15-16-17-18-19;;;/h9-10H,2-8,11-19H2,1H3;2*1H;/q;;;+2/p-2/b10-9-;;;. The van der Waals surface area contributed by atoms with E-state index in [1.165, 1.54) is 89.9 Å². The van der Waals surface area contributed by atoms with Gasteiger partial charge >= 0.3 is 43.4 Å². The van der Waals surface area contributed by atoms with Gasteiger partial charge in [0.25, 0.3) is 0 Å². The Kier molecular flexibility index (Phi) is 32.2. The molecule has 0 saturated carbocycles. The van der Waals surface area contributed by atoms with E-state index in [9.17, 15) is 0 Å². The van der Waals surface area contributed by atoms with Gasteiger partial charge in [0, 0.05) is 0 Å². The fourth-order valence-corrected chi connectivity index (χ4v) is 2.39. The zero-order valence-electron chi connectivity index (χ0n) is 14.6. The van der Waals surface area contributed by atoms with Gasteiger partial charge in [0.15, 0.2) is 0 Å². The molecule has 0 spiro atoms. The molecule has 0 rings (SSSR count). The third-order valence-electron chi connectivity index (χ3n) is 3.72. The Bertz CT molecular complexity index is 202. The molecule has 0 aliphatic rings. The normalized spacial score (nSPS) is 10.7. The van der Waals surface area contributed by atoms with Crippen molar-refractivity contribution < 1.29 is 0 Å². The summed E-state index contributed by atoms with van der Waals surface area (Å²) in [4.78, 5) is 0. The van der Waals surface area contributed by atoms with E-state index in [0.717, 1.165) is 6.54 Å². The summed E-state index contributed by atoms with van der Waals surface area (Å²) in [5, 5.41) is 0. The topological polar surface area (TPSA) is 26.0 Å². The summed E-state index contributed by atoms with van der Waals surface area (Å²) in [6.45, 7) is 3.14. The van der Waals surface area contributed by atoms with E-state index in [4.69, 9.17) is 5.73 Å². The Balaban J connectivity index is 0. The monoisotopic (exact) mass is 633 g/mol. The zero-order chi connectivity index (χ0) is 16.7. The quantitative estimate of drug-likeness (QED) is 0.114. The molecule has 2 radical (unpaired) electrons. The molecule has 0 heterocycles. The van der Waals surface area contributed by atoms with E-state index in [1.807, 2.05) is 0 Å². The molecule has 2 N–H and O–H groups in total. The van der Waals surface area contributed by atoms with E-state index in [0.29, 0.717) is 0 Å². The average Bonchev–Trinajstić information content (AvgIpc) is 2.52. The number of rotatable bonds is 15. The summed E-state index contributed by atoms with van der Waals surface area (Å²) in [7, 11) is 0. The van der Waals surface area contributed by atoms with Crippen LogP contribution >= 0.6 is 24.0 Å². The predicted molar refractivity (Wildman–Crippen MR) is 112 cm³/mol. The van der Waals surface area contributed by atoms with Crippen LogP contribution in [0.1, 0.15) is 96.8 Å². The Morgan fingerprint density at radius 2 is 1.05 bits per heavy atom. The Morgan fingerprint density at radius 3 is 1.45 bits per heavy atom. The van der Waals surface area contributed by atoms with Gasteiger partial charge in [-0.2, -0.15) is 0 Å². The first-order chi connectivity index (χ1) is 10.8. The van der Waals surface area contributed by atoms with Crippen LogP contribution in [0.4, 0.5) is 0 Å². The first-order valence-electron chi connectivity index (χ1n) is 9.14. The number of unbranched alkanes of at least 4 members (excludes halogenated alkanes) is 12. The molecule has 22 heavy (non-hydrogen) atoms. The fourth-order valence-electron chi connectivity index (χ4n) is 2.39. The van der Waals surface area contributed by atoms with Gasteiger partial charge in [0.05, 0.1) is 0 Å². The molecule has 0 aliphatic carbocycles. The second kappa shape index (κ2) is 27.4. The number of nitrogens with two attached hydrogens (primary N) is 1. The van der Waals surface area contributed by atoms with Gasteiger partial charge in [0.2, 0.25) is 0 Å². The predicted octanol–water partition coefficient (Wildman–Crippen LogP) is 7.29. The van der Waals surface area contributed by atoms with Crippen molar-refractivity contribution in [3.05, 3.63) is 12.2 Å². The van der Waals surface area contributed by atoms with Crippen LogP contribution in [0, 0.1) is 0 Å². The van der Waals surface area contributed by atoms with Gasteiger partial charge in [-0.1, -0.05) is 76.9 Å². The van der Waals surface area contributed by atoms with Crippen molar-refractivity contribution in [1.29, 1.82) is 0 Å². The van der Waals surface area contributed by atoms with E-state index < -0.39 is 0 Å². The Hall–Kier alpha value is 1.58. The van der Waals surface area contributed by atoms with E-state index in [2.05, 4.69) is 43.0 Å². The van der Waals surface area contributed by atoms with Crippen molar-refractivity contribution in [2.24, 2.45) is 5.73 Å². The number of hydrogen-bond donors (Lipinski definition) is 1. The van der Waals surface area contributed by atoms with Crippen LogP contribution in [-0.2, 0) is 0 Å². The first kappa shape index (κ1) is 25.8. The molecular formula is C18H37Br2NPb. The second-order valence-electron chi connectivity index (χ2n) is 5.80. The van der Waals surface area contributed by atoms with Crippen LogP contribution < -0.4 is 5.73 Å². The average molecular weight is 635 g/mol. The summed E-state index contributed by atoms with van der Waals surface area (Å²) in [6, 6.07) is 0. The molecule has 4 heteroatoms. The molecule has 0 unspecified atom stereocenters. The van der Waals surface area contributed by atoms with Gasteiger partial charge in [-0.05, 0) is 38.6 Å². The van der Waals surface area contributed by atoms with Gasteiger partial charge in [-0.25, -0.2) is 0 Å². The van der Waals surface area contributed by atoms with Crippen LogP contribution in [0.2, 0.25) is 0 Å². The molecular weight excluding hydrogens is 597 g/mol. The molecule has 0 amide bonds. The van der Waals surface area contributed by atoms with Crippen molar-refractivity contribution in [3.8, 4) is 0 Å². The maximum absolute atomic E-state index is 5.47. The van der Waals surface area contributed by atoms with Gasteiger partial charge in [0.1, 0.15) is 0 Å². The van der Waals surface area contributed by atoms with E-state index >= 15 is 0 Å². The van der Waals surface area contributed by atoms with Crippen LogP contribution in [0.25, 0.3) is 0 Å². The molecule has 0 aliphatic heterocycles. The third kappa shape index (κ3) is 29.6. The van der Waals surface area contributed by atoms with Crippen molar-refractivity contribution in [3.63, 3.8) is 0 Å². The van der Waals surface area contributed by atoms with Gasteiger partial charge in [-0.15, -0.1) is 0 Å². The molecule has 132 valence electrons. The number of hydrogen-bond acceptors (Lipinski definition) is 1.